The van der Waals surface area contributed by atoms with Crippen molar-refractivity contribution in [1.29, 1.82) is 0 Å². The third kappa shape index (κ3) is 5.14. The van der Waals surface area contributed by atoms with Crippen molar-refractivity contribution in [2.24, 2.45) is 5.92 Å². The Balaban J connectivity index is 1.09. The Labute approximate surface area is 194 Å². The molecule has 1 spiro atoms. The second-order valence-corrected chi connectivity index (χ2v) is 10.6. The number of rotatable bonds is 5. The van der Waals surface area contributed by atoms with Gasteiger partial charge in [-0.15, -0.1) is 0 Å². The molecule has 5 heteroatoms. The number of ether oxygens (including phenoxy) is 1. The first-order valence-corrected chi connectivity index (χ1v) is 13.2. The topological polar surface area (TPSA) is 36.0 Å². The lowest BCUT2D eigenvalue weighted by Gasteiger charge is -2.50. The molecule has 0 bridgehead atoms. The maximum absolute atomic E-state index is 12.8. The highest BCUT2D eigenvalue weighted by molar-refractivity contribution is 5.76. The van der Waals surface area contributed by atoms with Crippen molar-refractivity contribution in [2.45, 2.75) is 75.9 Å². The zero-order chi connectivity index (χ0) is 21.8. The molecular weight excluding hydrogens is 398 g/mol. The van der Waals surface area contributed by atoms with Crippen LogP contribution >= 0.6 is 0 Å². The Morgan fingerprint density at radius 1 is 0.938 bits per heavy atom. The van der Waals surface area contributed by atoms with E-state index in [1.54, 1.807) is 0 Å². The summed E-state index contributed by atoms with van der Waals surface area (Å²) in [4.78, 5) is 20.1. The Hall–Kier alpha value is -1.59. The highest BCUT2D eigenvalue weighted by atomic mass is 16.5. The lowest BCUT2D eigenvalue weighted by Crippen LogP contribution is -2.57. The van der Waals surface area contributed by atoms with Gasteiger partial charge >= 0.3 is 0 Å². The monoisotopic (exact) mass is 439 g/mol. The number of anilines is 1. The SMILES string of the molecule is O=C(CCC1CCCC1)N1CCC2(CC1)C[C@H](N1CCN(c3ccccc3)CC1)CCO2. The van der Waals surface area contributed by atoms with E-state index in [0.29, 0.717) is 11.9 Å². The van der Waals surface area contributed by atoms with Crippen LogP contribution in [0.25, 0.3) is 0 Å². The summed E-state index contributed by atoms with van der Waals surface area (Å²) in [5.41, 5.74) is 1.35. The van der Waals surface area contributed by atoms with Crippen LogP contribution in [-0.2, 0) is 9.53 Å². The zero-order valence-electron chi connectivity index (χ0n) is 19.7. The number of hydrogen-bond donors (Lipinski definition) is 0. The largest absolute Gasteiger partial charge is 0.375 e. The lowest BCUT2D eigenvalue weighted by molar-refractivity contribution is -0.149. The standard InChI is InChI=1S/C27H41N3O2/c31-26(11-10-23-6-4-5-7-23)30-15-13-27(14-16-30)22-25(12-21-32-27)29-19-17-28(18-20-29)24-8-2-1-3-9-24/h1-3,8-9,23,25H,4-7,10-22H2/t25-/m1/s1. The minimum Gasteiger partial charge on any atom is -0.375 e. The van der Waals surface area contributed by atoms with Crippen LogP contribution in [0.15, 0.2) is 30.3 Å². The molecule has 5 rings (SSSR count). The van der Waals surface area contributed by atoms with Gasteiger partial charge in [-0.3, -0.25) is 9.69 Å². The average Bonchev–Trinajstić information content (AvgIpc) is 3.38. The molecule has 4 aliphatic rings. The first-order valence-electron chi connectivity index (χ1n) is 13.2. The fraction of sp³-hybridized carbons (Fsp3) is 0.741. The number of hydrogen-bond acceptors (Lipinski definition) is 4. The van der Waals surface area contributed by atoms with E-state index in [0.717, 1.165) is 90.3 Å². The molecule has 4 fully saturated rings. The molecule has 1 aromatic rings. The number of amides is 1. The van der Waals surface area contributed by atoms with E-state index >= 15 is 0 Å². The number of carbonyl (C=O) groups is 1. The van der Waals surface area contributed by atoms with Crippen molar-refractivity contribution in [3.8, 4) is 0 Å². The molecular formula is C27H41N3O2. The van der Waals surface area contributed by atoms with Gasteiger partial charge in [0.25, 0.3) is 0 Å². The normalized spacial score (nSPS) is 27.2. The van der Waals surface area contributed by atoms with Crippen LogP contribution < -0.4 is 4.90 Å². The van der Waals surface area contributed by atoms with Crippen molar-refractivity contribution in [3.63, 3.8) is 0 Å². The maximum Gasteiger partial charge on any atom is 0.222 e. The van der Waals surface area contributed by atoms with Crippen molar-refractivity contribution in [1.82, 2.24) is 9.80 Å². The van der Waals surface area contributed by atoms with E-state index in [1.807, 2.05) is 0 Å². The third-order valence-electron chi connectivity index (χ3n) is 8.69. The first kappa shape index (κ1) is 22.2. The molecule has 0 unspecified atom stereocenters. The van der Waals surface area contributed by atoms with Gasteiger partial charge in [-0.2, -0.15) is 0 Å². The second kappa shape index (κ2) is 10.1. The molecule has 0 N–H and O–H groups in total. The van der Waals surface area contributed by atoms with Crippen LogP contribution in [0.2, 0.25) is 0 Å². The van der Waals surface area contributed by atoms with Gasteiger partial charge < -0.3 is 14.5 Å². The number of carbonyl (C=O) groups excluding carboxylic acids is 1. The van der Waals surface area contributed by atoms with Crippen LogP contribution in [0.4, 0.5) is 5.69 Å². The summed E-state index contributed by atoms with van der Waals surface area (Å²) in [7, 11) is 0. The average molecular weight is 440 g/mol. The Bertz CT molecular complexity index is 733. The smallest absolute Gasteiger partial charge is 0.222 e. The van der Waals surface area contributed by atoms with Gasteiger partial charge in [0.1, 0.15) is 0 Å². The van der Waals surface area contributed by atoms with Crippen molar-refractivity contribution >= 4 is 11.6 Å². The minimum atomic E-state index is 0.00170. The van der Waals surface area contributed by atoms with Crippen molar-refractivity contribution < 1.29 is 9.53 Å². The molecule has 32 heavy (non-hydrogen) atoms. The van der Waals surface area contributed by atoms with Crippen LogP contribution in [0.3, 0.4) is 0 Å². The Kier molecular flexibility index (Phi) is 7.03. The molecule has 0 radical (unpaired) electrons. The molecule has 5 nitrogen and oxygen atoms in total. The van der Waals surface area contributed by atoms with E-state index in [-0.39, 0.29) is 5.60 Å². The summed E-state index contributed by atoms with van der Waals surface area (Å²) < 4.78 is 6.41. The minimum absolute atomic E-state index is 0.00170. The summed E-state index contributed by atoms with van der Waals surface area (Å²) in [5, 5.41) is 0. The third-order valence-corrected chi connectivity index (χ3v) is 8.69. The fourth-order valence-electron chi connectivity index (χ4n) is 6.59. The van der Waals surface area contributed by atoms with Gasteiger partial charge in [0.15, 0.2) is 0 Å². The number of likely N-dealkylation sites (tertiary alicyclic amines) is 1. The van der Waals surface area contributed by atoms with Crippen LogP contribution in [0.1, 0.15) is 64.2 Å². The van der Waals surface area contributed by atoms with E-state index < -0.39 is 0 Å². The second-order valence-electron chi connectivity index (χ2n) is 10.6. The highest BCUT2D eigenvalue weighted by Crippen LogP contribution is 2.37. The molecule has 3 heterocycles. The van der Waals surface area contributed by atoms with Gasteiger partial charge in [-0.1, -0.05) is 43.9 Å². The van der Waals surface area contributed by atoms with Gasteiger partial charge in [0.2, 0.25) is 5.91 Å². The molecule has 1 aliphatic carbocycles. The summed E-state index contributed by atoms with van der Waals surface area (Å²) >= 11 is 0. The van der Waals surface area contributed by atoms with Crippen LogP contribution in [0, 0.1) is 5.92 Å². The van der Waals surface area contributed by atoms with E-state index in [2.05, 4.69) is 45.0 Å². The number of piperazine rings is 1. The number of para-hydroxylation sites is 1. The van der Waals surface area contributed by atoms with E-state index in [1.165, 1.54) is 31.4 Å². The predicted molar refractivity (Wildman–Crippen MR) is 129 cm³/mol. The summed E-state index contributed by atoms with van der Waals surface area (Å²) in [5.74, 6) is 1.19. The summed E-state index contributed by atoms with van der Waals surface area (Å²) in [6.45, 7) is 7.15. The van der Waals surface area contributed by atoms with Gasteiger partial charge in [0, 0.05) is 64.0 Å². The molecule has 1 amide bonds. The summed E-state index contributed by atoms with van der Waals surface area (Å²) in [6, 6.07) is 11.4. The Morgan fingerprint density at radius 3 is 2.38 bits per heavy atom. The predicted octanol–water partition coefficient (Wildman–Crippen LogP) is 4.32. The number of piperidine rings is 1. The number of benzene rings is 1. The molecule has 1 saturated carbocycles. The molecule has 3 saturated heterocycles. The van der Waals surface area contributed by atoms with Crippen molar-refractivity contribution in [2.75, 3.05) is 50.8 Å². The highest BCUT2D eigenvalue weighted by Gasteiger charge is 2.42. The molecule has 0 aromatic heterocycles. The van der Waals surface area contributed by atoms with Crippen LogP contribution in [0.5, 0.6) is 0 Å². The zero-order valence-corrected chi connectivity index (χ0v) is 19.7. The van der Waals surface area contributed by atoms with Gasteiger partial charge in [-0.05, 0) is 50.2 Å². The molecule has 1 atom stereocenters. The lowest BCUT2D eigenvalue weighted by atomic mass is 9.81. The van der Waals surface area contributed by atoms with Crippen molar-refractivity contribution in [3.05, 3.63) is 30.3 Å². The molecule has 1 aromatic carbocycles. The maximum atomic E-state index is 12.8. The quantitative estimate of drug-likeness (QED) is 0.685. The molecule has 3 aliphatic heterocycles. The van der Waals surface area contributed by atoms with Gasteiger partial charge in [0.05, 0.1) is 5.60 Å². The molecule has 176 valence electrons. The van der Waals surface area contributed by atoms with E-state index in [4.69, 9.17) is 4.74 Å². The van der Waals surface area contributed by atoms with E-state index in [9.17, 15) is 4.79 Å². The Morgan fingerprint density at radius 2 is 1.66 bits per heavy atom. The number of nitrogens with zero attached hydrogens (tertiary/aromatic N) is 3. The summed E-state index contributed by atoms with van der Waals surface area (Å²) in [6.07, 6.45) is 11.6. The van der Waals surface area contributed by atoms with Gasteiger partial charge in [-0.25, -0.2) is 0 Å². The first-order chi connectivity index (χ1) is 15.7. The van der Waals surface area contributed by atoms with Crippen LogP contribution in [-0.4, -0.2) is 73.2 Å². The fourth-order valence-corrected chi connectivity index (χ4v) is 6.59.